The van der Waals surface area contributed by atoms with E-state index < -0.39 is 11.9 Å². The third-order valence-electron chi connectivity index (χ3n) is 4.87. The fourth-order valence-corrected chi connectivity index (χ4v) is 3.45. The molecule has 132 valence electrons. The number of nitrogens with zero attached hydrogens (tertiary/aromatic N) is 1. The van der Waals surface area contributed by atoms with Crippen LogP contribution in [0.1, 0.15) is 28.2 Å². The van der Waals surface area contributed by atoms with Crippen molar-refractivity contribution in [3.63, 3.8) is 0 Å². The zero-order valence-electron chi connectivity index (χ0n) is 13.8. The molecule has 6 heteroatoms. The van der Waals surface area contributed by atoms with E-state index in [-0.39, 0.29) is 12.7 Å². The fraction of sp³-hybridized carbons (Fsp3) is 0.421. The smallest absolute Gasteiger partial charge is 0.189 e. The number of carbonyl (C=O) groups is 1. The van der Waals surface area contributed by atoms with Gasteiger partial charge in [0.25, 0.3) is 0 Å². The van der Waals surface area contributed by atoms with Crippen molar-refractivity contribution in [1.29, 1.82) is 0 Å². The predicted molar refractivity (Wildman–Crippen MR) is 88.9 cm³/mol. The molecule has 3 heterocycles. The number of aldehydes is 1. The Morgan fingerprint density at radius 2 is 2.08 bits per heavy atom. The highest BCUT2D eigenvalue weighted by atomic mass is 16.7. The first-order valence-electron chi connectivity index (χ1n) is 8.44. The van der Waals surface area contributed by atoms with E-state index in [2.05, 4.69) is 0 Å². The summed E-state index contributed by atoms with van der Waals surface area (Å²) in [4.78, 5) is 11.2. The van der Waals surface area contributed by atoms with Crippen molar-refractivity contribution in [1.82, 2.24) is 4.57 Å². The summed E-state index contributed by atoms with van der Waals surface area (Å²) in [6, 6.07) is 13.5. The SMILES string of the molecule is O=Cc1ccc2n1C[C@]1(C[C@H](OCc3ccccc3)[C@H](O)CO1)OC2. The van der Waals surface area contributed by atoms with E-state index in [0.29, 0.717) is 31.9 Å². The maximum absolute atomic E-state index is 11.2. The minimum absolute atomic E-state index is 0.145. The Kier molecular flexibility index (Phi) is 4.43. The number of aliphatic hydroxyl groups is 1. The summed E-state index contributed by atoms with van der Waals surface area (Å²) in [5, 5.41) is 10.2. The molecule has 1 N–H and O–H groups in total. The van der Waals surface area contributed by atoms with Gasteiger partial charge in [-0.3, -0.25) is 4.79 Å². The lowest BCUT2D eigenvalue weighted by Gasteiger charge is -2.45. The average molecular weight is 343 g/mol. The van der Waals surface area contributed by atoms with Crippen LogP contribution in [0.15, 0.2) is 42.5 Å². The van der Waals surface area contributed by atoms with Crippen molar-refractivity contribution in [3.8, 4) is 0 Å². The van der Waals surface area contributed by atoms with Gasteiger partial charge in [-0.05, 0) is 17.7 Å². The van der Waals surface area contributed by atoms with E-state index in [9.17, 15) is 9.90 Å². The first-order chi connectivity index (χ1) is 12.2. The van der Waals surface area contributed by atoms with Crippen LogP contribution >= 0.6 is 0 Å². The number of aliphatic hydroxyl groups excluding tert-OH is 1. The molecule has 1 aromatic heterocycles. The quantitative estimate of drug-likeness (QED) is 0.859. The summed E-state index contributed by atoms with van der Waals surface area (Å²) in [5.41, 5.74) is 2.61. The van der Waals surface area contributed by atoms with E-state index in [0.717, 1.165) is 17.5 Å². The predicted octanol–water partition coefficient (Wildman–Crippen LogP) is 1.89. The number of hydrogen-bond donors (Lipinski definition) is 1. The lowest BCUT2D eigenvalue weighted by atomic mass is 9.99. The minimum Gasteiger partial charge on any atom is -0.388 e. The zero-order valence-corrected chi connectivity index (χ0v) is 13.8. The van der Waals surface area contributed by atoms with Crippen LogP contribution in [0.2, 0.25) is 0 Å². The summed E-state index contributed by atoms with van der Waals surface area (Å²) in [5.74, 6) is -0.871. The van der Waals surface area contributed by atoms with Crippen molar-refractivity contribution in [3.05, 3.63) is 59.4 Å². The van der Waals surface area contributed by atoms with Gasteiger partial charge in [0.2, 0.25) is 0 Å². The maximum Gasteiger partial charge on any atom is 0.189 e. The lowest BCUT2D eigenvalue weighted by molar-refractivity contribution is -0.315. The second-order valence-corrected chi connectivity index (χ2v) is 6.57. The second kappa shape index (κ2) is 6.72. The molecule has 2 aliphatic heterocycles. The molecule has 4 rings (SSSR count). The van der Waals surface area contributed by atoms with Crippen LogP contribution in [-0.4, -0.2) is 40.6 Å². The zero-order chi connectivity index (χ0) is 17.3. The first-order valence-corrected chi connectivity index (χ1v) is 8.44. The number of fused-ring (bicyclic) bond motifs is 1. The molecule has 0 radical (unpaired) electrons. The molecule has 1 aromatic carbocycles. The summed E-state index contributed by atoms with van der Waals surface area (Å²) < 4.78 is 19.7. The molecule has 0 bridgehead atoms. The molecule has 1 saturated heterocycles. The fourth-order valence-electron chi connectivity index (χ4n) is 3.45. The Hall–Kier alpha value is -1.99. The molecule has 0 saturated carbocycles. The number of hydrogen-bond acceptors (Lipinski definition) is 5. The molecule has 2 aromatic rings. The largest absolute Gasteiger partial charge is 0.388 e. The maximum atomic E-state index is 11.2. The van der Waals surface area contributed by atoms with E-state index in [1.807, 2.05) is 41.0 Å². The minimum atomic E-state index is -0.871. The molecule has 0 amide bonds. The van der Waals surface area contributed by atoms with E-state index >= 15 is 0 Å². The van der Waals surface area contributed by atoms with Gasteiger partial charge in [-0.1, -0.05) is 30.3 Å². The number of ether oxygens (including phenoxy) is 3. The molecule has 0 unspecified atom stereocenters. The molecule has 3 atom stereocenters. The first kappa shape index (κ1) is 16.5. The molecule has 1 fully saturated rings. The Morgan fingerprint density at radius 1 is 1.24 bits per heavy atom. The van der Waals surface area contributed by atoms with Crippen molar-refractivity contribution < 1.29 is 24.1 Å². The van der Waals surface area contributed by atoms with Crippen LogP contribution in [0.5, 0.6) is 0 Å². The Labute approximate surface area is 145 Å². The Bertz CT molecular complexity index is 744. The number of carbonyl (C=O) groups excluding carboxylic acids is 1. The van der Waals surface area contributed by atoms with Gasteiger partial charge >= 0.3 is 0 Å². The summed E-state index contributed by atoms with van der Waals surface area (Å²) >= 11 is 0. The molecule has 6 nitrogen and oxygen atoms in total. The summed E-state index contributed by atoms with van der Waals surface area (Å²) in [6.45, 7) is 1.36. The van der Waals surface area contributed by atoms with Crippen LogP contribution in [0.4, 0.5) is 0 Å². The highest BCUT2D eigenvalue weighted by molar-refractivity contribution is 5.72. The van der Waals surface area contributed by atoms with Crippen molar-refractivity contribution in [2.45, 2.75) is 44.2 Å². The van der Waals surface area contributed by atoms with Gasteiger partial charge in [0, 0.05) is 12.1 Å². The second-order valence-electron chi connectivity index (χ2n) is 6.57. The molecule has 1 spiro atoms. The summed E-state index contributed by atoms with van der Waals surface area (Å²) in [6.07, 6.45) is 0.167. The Morgan fingerprint density at radius 3 is 2.88 bits per heavy atom. The Balaban J connectivity index is 1.47. The lowest BCUT2D eigenvalue weighted by Crippen LogP contribution is -2.55. The van der Waals surface area contributed by atoms with Crippen molar-refractivity contribution in [2.24, 2.45) is 0 Å². The van der Waals surface area contributed by atoms with Crippen LogP contribution < -0.4 is 0 Å². The van der Waals surface area contributed by atoms with Gasteiger partial charge in [0.1, 0.15) is 6.10 Å². The van der Waals surface area contributed by atoms with Crippen molar-refractivity contribution in [2.75, 3.05) is 6.61 Å². The normalized spacial score (nSPS) is 28.7. The monoisotopic (exact) mass is 343 g/mol. The number of rotatable bonds is 4. The van der Waals surface area contributed by atoms with E-state index in [4.69, 9.17) is 14.2 Å². The number of aromatic nitrogens is 1. The van der Waals surface area contributed by atoms with E-state index in [1.165, 1.54) is 0 Å². The third kappa shape index (κ3) is 3.26. The van der Waals surface area contributed by atoms with Gasteiger partial charge in [-0.15, -0.1) is 0 Å². The highest BCUT2D eigenvalue weighted by Crippen LogP contribution is 2.35. The number of benzene rings is 1. The summed E-state index contributed by atoms with van der Waals surface area (Å²) in [7, 11) is 0. The van der Waals surface area contributed by atoms with Gasteiger partial charge in [0.15, 0.2) is 12.1 Å². The van der Waals surface area contributed by atoms with Crippen molar-refractivity contribution >= 4 is 6.29 Å². The van der Waals surface area contributed by atoms with Crippen LogP contribution in [0.3, 0.4) is 0 Å². The molecular weight excluding hydrogens is 322 g/mol. The molecular formula is C19H21NO5. The molecule has 25 heavy (non-hydrogen) atoms. The van der Waals surface area contributed by atoms with Crippen LogP contribution in [-0.2, 0) is 34.0 Å². The standard InChI is InChI=1S/C19H21NO5/c21-9-15-6-7-16-11-24-19(13-20(15)16)8-18(17(22)12-25-19)23-10-14-4-2-1-3-5-14/h1-7,9,17-18,22H,8,10-13H2/t17-,18+,19-/m1/s1. The van der Waals surface area contributed by atoms with Crippen LogP contribution in [0.25, 0.3) is 0 Å². The van der Waals surface area contributed by atoms with Gasteiger partial charge in [-0.25, -0.2) is 0 Å². The van der Waals surface area contributed by atoms with E-state index in [1.54, 1.807) is 6.07 Å². The average Bonchev–Trinajstić information content (AvgIpc) is 3.05. The molecule has 0 aliphatic carbocycles. The van der Waals surface area contributed by atoms with Gasteiger partial charge < -0.3 is 23.9 Å². The van der Waals surface area contributed by atoms with Gasteiger partial charge in [-0.2, -0.15) is 0 Å². The third-order valence-corrected chi connectivity index (χ3v) is 4.87. The van der Waals surface area contributed by atoms with Crippen LogP contribution in [0, 0.1) is 0 Å². The topological polar surface area (TPSA) is 69.9 Å². The molecule has 2 aliphatic rings. The highest BCUT2D eigenvalue weighted by Gasteiger charge is 2.46. The van der Waals surface area contributed by atoms with Gasteiger partial charge in [0.05, 0.1) is 38.2 Å².